The molecule has 0 aromatic heterocycles. The summed E-state index contributed by atoms with van der Waals surface area (Å²) in [5.74, 6) is 2.82. The molecule has 0 N–H and O–H groups in total. The molecule has 0 aromatic rings. The van der Waals surface area contributed by atoms with Crippen LogP contribution in [-0.4, -0.2) is 48.6 Å². The van der Waals surface area contributed by atoms with E-state index in [-0.39, 0.29) is 0 Å². The maximum Gasteiger partial charge on any atom is 0.0113 e. The lowest BCUT2D eigenvalue weighted by molar-refractivity contribution is 0.0868. The largest absolute Gasteiger partial charge is 0.300 e. The summed E-state index contributed by atoms with van der Waals surface area (Å²) in [5, 5.41) is 0. The Hall–Kier alpha value is -0.340. The molecule has 1 aliphatic heterocycles. The van der Waals surface area contributed by atoms with Gasteiger partial charge in [-0.05, 0) is 43.9 Å². The van der Waals surface area contributed by atoms with E-state index in [9.17, 15) is 0 Å². The highest BCUT2D eigenvalue weighted by Crippen LogP contribution is 2.43. The highest BCUT2D eigenvalue weighted by molar-refractivity contribution is 5.10. The molecular weight excluding hydrogens is 220 g/mol. The predicted octanol–water partition coefficient (Wildman–Crippen LogP) is 2.61. The van der Waals surface area contributed by atoms with Crippen molar-refractivity contribution in [2.45, 2.75) is 39.2 Å². The lowest BCUT2D eigenvalue weighted by Gasteiger charge is -2.39. The van der Waals surface area contributed by atoms with E-state index in [1.54, 1.807) is 0 Å². The third-order valence-corrected chi connectivity index (χ3v) is 5.53. The Kier molecular flexibility index (Phi) is 3.76. The highest BCUT2D eigenvalue weighted by atomic mass is 15.3. The minimum absolute atomic E-state index is 0.776. The number of rotatable bonds is 4. The fraction of sp³-hybridized carbons (Fsp3) is 0.875. The van der Waals surface area contributed by atoms with Gasteiger partial charge in [0, 0.05) is 38.8 Å². The average Bonchev–Trinajstić information content (AvgIpc) is 3.01. The Bertz CT molecular complexity index is 304. The standard InChI is InChI=1S/C16H28N2/c1-3-13(2)18-8-6-17(7-9-18)12-16-11-14-4-5-15(16)10-14/h4-5,13-16H,3,6-12H2,1-2H3/t13-,14+,15+,16-/m0/s1. The quantitative estimate of drug-likeness (QED) is 0.706. The molecule has 2 bridgehead atoms. The number of hydrogen-bond donors (Lipinski definition) is 0. The Morgan fingerprint density at radius 3 is 2.44 bits per heavy atom. The topological polar surface area (TPSA) is 6.48 Å². The van der Waals surface area contributed by atoms with Crippen LogP contribution >= 0.6 is 0 Å². The van der Waals surface area contributed by atoms with Gasteiger partial charge in [0.05, 0.1) is 0 Å². The first-order chi connectivity index (χ1) is 8.76. The molecule has 3 aliphatic rings. The molecule has 1 saturated heterocycles. The lowest BCUT2D eigenvalue weighted by atomic mass is 9.93. The van der Waals surface area contributed by atoms with Crippen LogP contribution in [0.2, 0.25) is 0 Å². The SMILES string of the molecule is CC[C@H](C)N1CCN(C[C@@H]2C[C@@H]3C=C[C@@H]2C3)CC1. The zero-order chi connectivity index (χ0) is 12.5. The van der Waals surface area contributed by atoms with E-state index in [2.05, 4.69) is 35.8 Å². The van der Waals surface area contributed by atoms with E-state index < -0.39 is 0 Å². The number of nitrogens with zero attached hydrogens (tertiary/aromatic N) is 2. The summed E-state index contributed by atoms with van der Waals surface area (Å²) in [6.45, 7) is 11.2. The van der Waals surface area contributed by atoms with Gasteiger partial charge in [-0.25, -0.2) is 0 Å². The second kappa shape index (κ2) is 5.34. The van der Waals surface area contributed by atoms with Crippen molar-refractivity contribution < 1.29 is 0 Å². The zero-order valence-electron chi connectivity index (χ0n) is 12.0. The fourth-order valence-electron chi connectivity index (χ4n) is 4.08. The molecule has 2 aliphatic carbocycles. The second-order valence-corrected chi connectivity index (χ2v) is 6.63. The van der Waals surface area contributed by atoms with Gasteiger partial charge in [-0.1, -0.05) is 19.1 Å². The summed E-state index contributed by atoms with van der Waals surface area (Å²) >= 11 is 0. The van der Waals surface area contributed by atoms with E-state index in [1.165, 1.54) is 52.0 Å². The molecule has 4 atom stereocenters. The summed E-state index contributed by atoms with van der Waals surface area (Å²) in [6.07, 6.45) is 9.16. The van der Waals surface area contributed by atoms with E-state index in [0.717, 1.165) is 23.8 Å². The Labute approximate surface area is 112 Å². The summed E-state index contributed by atoms with van der Waals surface area (Å²) < 4.78 is 0. The van der Waals surface area contributed by atoms with Gasteiger partial charge < -0.3 is 4.90 Å². The minimum Gasteiger partial charge on any atom is -0.300 e. The van der Waals surface area contributed by atoms with Gasteiger partial charge in [-0.2, -0.15) is 0 Å². The van der Waals surface area contributed by atoms with Gasteiger partial charge in [0.2, 0.25) is 0 Å². The maximum atomic E-state index is 2.72. The fourth-order valence-corrected chi connectivity index (χ4v) is 4.08. The van der Waals surface area contributed by atoms with Crippen molar-refractivity contribution in [1.82, 2.24) is 9.80 Å². The van der Waals surface area contributed by atoms with Crippen LogP contribution in [0, 0.1) is 17.8 Å². The molecule has 2 fully saturated rings. The van der Waals surface area contributed by atoms with Crippen molar-refractivity contribution in [2.24, 2.45) is 17.8 Å². The van der Waals surface area contributed by atoms with Crippen LogP contribution in [0.1, 0.15) is 33.1 Å². The van der Waals surface area contributed by atoms with E-state index in [0.29, 0.717) is 0 Å². The molecule has 0 unspecified atom stereocenters. The predicted molar refractivity (Wildman–Crippen MR) is 76.6 cm³/mol. The average molecular weight is 248 g/mol. The van der Waals surface area contributed by atoms with Crippen molar-refractivity contribution in [3.63, 3.8) is 0 Å². The van der Waals surface area contributed by atoms with Gasteiger partial charge in [-0.3, -0.25) is 4.90 Å². The van der Waals surface area contributed by atoms with Crippen molar-refractivity contribution >= 4 is 0 Å². The van der Waals surface area contributed by atoms with Crippen molar-refractivity contribution in [3.05, 3.63) is 12.2 Å². The molecule has 2 nitrogen and oxygen atoms in total. The Balaban J connectivity index is 1.45. The zero-order valence-corrected chi connectivity index (χ0v) is 12.0. The molecule has 3 rings (SSSR count). The number of allylic oxidation sites excluding steroid dienone is 2. The molecular formula is C16H28N2. The highest BCUT2D eigenvalue weighted by Gasteiger charge is 2.36. The van der Waals surface area contributed by atoms with Gasteiger partial charge in [0.15, 0.2) is 0 Å². The lowest BCUT2D eigenvalue weighted by Crippen LogP contribution is -2.50. The van der Waals surface area contributed by atoms with Crippen LogP contribution in [0.4, 0.5) is 0 Å². The van der Waals surface area contributed by atoms with Gasteiger partial charge in [0.1, 0.15) is 0 Å². The van der Waals surface area contributed by atoms with Gasteiger partial charge in [-0.15, -0.1) is 0 Å². The third kappa shape index (κ3) is 2.50. The second-order valence-electron chi connectivity index (χ2n) is 6.63. The summed E-state index contributed by atoms with van der Waals surface area (Å²) in [6, 6.07) is 0.776. The Morgan fingerprint density at radius 1 is 1.11 bits per heavy atom. The van der Waals surface area contributed by atoms with E-state index in [1.807, 2.05) is 0 Å². The van der Waals surface area contributed by atoms with Crippen molar-refractivity contribution in [2.75, 3.05) is 32.7 Å². The smallest absolute Gasteiger partial charge is 0.0113 e. The first-order valence-corrected chi connectivity index (χ1v) is 7.91. The molecule has 2 heteroatoms. The molecule has 102 valence electrons. The number of fused-ring (bicyclic) bond motifs is 2. The van der Waals surface area contributed by atoms with Crippen molar-refractivity contribution in [1.29, 1.82) is 0 Å². The maximum absolute atomic E-state index is 2.72. The molecule has 1 heterocycles. The van der Waals surface area contributed by atoms with E-state index in [4.69, 9.17) is 0 Å². The summed E-state index contributed by atoms with van der Waals surface area (Å²) in [7, 11) is 0. The molecule has 1 saturated carbocycles. The van der Waals surface area contributed by atoms with Crippen LogP contribution in [-0.2, 0) is 0 Å². The van der Waals surface area contributed by atoms with Crippen LogP contribution in [0.3, 0.4) is 0 Å². The molecule has 0 spiro atoms. The monoisotopic (exact) mass is 248 g/mol. The molecule has 0 radical (unpaired) electrons. The Morgan fingerprint density at radius 2 is 1.89 bits per heavy atom. The van der Waals surface area contributed by atoms with Crippen LogP contribution < -0.4 is 0 Å². The van der Waals surface area contributed by atoms with Crippen LogP contribution in [0.15, 0.2) is 12.2 Å². The molecule has 0 aromatic carbocycles. The molecule has 0 amide bonds. The van der Waals surface area contributed by atoms with Gasteiger partial charge >= 0.3 is 0 Å². The minimum atomic E-state index is 0.776. The third-order valence-electron chi connectivity index (χ3n) is 5.53. The first kappa shape index (κ1) is 12.7. The first-order valence-electron chi connectivity index (χ1n) is 7.91. The number of hydrogen-bond acceptors (Lipinski definition) is 2. The van der Waals surface area contributed by atoms with E-state index >= 15 is 0 Å². The van der Waals surface area contributed by atoms with Crippen LogP contribution in [0.5, 0.6) is 0 Å². The summed E-state index contributed by atoms with van der Waals surface area (Å²) in [4.78, 5) is 5.38. The van der Waals surface area contributed by atoms with Crippen LogP contribution in [0.25, 0.3) is 0 Å². The summed E-state index contributed by atoms with van der Waals surface area (Å²) in [5.41, 5.74) is 0. The molecule has 18 heavy (non-hydrogen) atoms. The van der Waals surface area contributed by atoms with Gasteiger partial charge in [0.25, 0.3) is 0 Å². The normalized spacial score (nSPS) is 38.4. The number of piperazine rings is 1. The van der Waals surface area contributed by atoms with Crippen molar-refractivity contribution in [3.8, 4) is 0 Å².